The van der Waals surface area contributed by atoms with Crippen LogP contribution in [-0.4, -0.2) is 88.8 Å². The zero-order chi connectivity index (χ0) is 18.4. The van der Waals surface area contributed by atoms with Gasteiger partial charge in [0.1, 0.15) is 0 Å². The van der Waals surface area contributed by atoms with E-state index in [-0.39, 0.29) is 11.7 Å². The maximum atomic E-state index is 12.5. The first-order valence-electron chi connectivity index (χ1n) is 8.46. The third-order valence-corrected chi connectivity index (χ3v) is 6.12. The first kappa shape index (κ1) is 19.8. The first-order chi connectivity index (χ1) is 11.8. The fraction of sp³-hybridized carbons (Fsp3) is 0.588. The topological polar surface area (TPSA) is 73.0 Å². The van der Waals surface area contributed by atoms with E-state index in [0.29, 0.717) is 30.8 Å². The normalized spacial score (nSPS) is 17.0. The van der Waals surface area contributed by atoms with Crippen molar-refractivity contribution >= 4 is 15.9 Å². The molecule has 0 aromatic heterocycles. The third kappa shape index (κ3) is 6.07. The van der Waals surface area contributed by atoms with Crippen LogP contribution in [0.3, 0.4) is 0 Å². The number of rotatable bonds is 7. The van der Waals surface area contributed by atoms with Crippen LogP contribution in [0.1, 0.15) is 15.9 Å². The van der Waals surface area contributed by atoms with Crippen LogP contribution in [0.25, 0.3) is 0 Å². The predicted octanol–water partition coefficient (Wildman–Crippen LogP) is 0.0552. The quantitative estimate of drug-likeness (QED) is 0.737. The Kier molecular flexibility index (Phi) is 6.95. The van der Waals surface area contributed by atoms with Crippen LogP contribution < -0.4 is 5.32 Å². The predicted molar refractivity (Wildman–Crippen MR) is 99.0 cm³/mol. The maximum absolute atomic E-state index is 12.5. The van der Waals surface area contributed by atoms with Crippen molar-refractivity contribution in [3.8, 4) is 0 Å². The molecular formula is C17H28N4O3S. The van der Waals surface area contributed by atoms with E-state index in [1.54, 1.807) is 28.6 Å². The van der Waals surface area contributed by atoms with Crippen molar-refractivity contribution in [3.63, 3.8) is 0 Å². The number of likely N-dealkylation sites (N-methyl/N-ethyl adjacent to an activating group) is 2. The lowest BCUT2D eigenvalue weighted by Gasteiger charge is -2.31. The molecule has 0 aliphatic carbocycles. The van der Waals surface area contributed by atoms with Crippen molar-refractivity contribution in [1.29, 1.82) is 0 Å². The van der Waals surface area contributed by atoms with Gasteiger partial charge < -0.3 is 15.1 Å². The van der Waals surface area contributed by atoms with Crippen molar-refractivity contribution < 1.29 is 13.2 Å². The summed E-state index contributed by atoms with van der Waals surface area (Å²) in [6.07, 6.45) is 0. The van der Waals surface area contributed by atoms with Gasteiger partial charge in [-0.1, -0.05) is 12.1 Å². The lowest BCUT2D eigenvalue weighted by molar-refractivity contribution is 0.0951. The minimum Gasteiger partial charge on any atom is -0.351 e. The van der Waals surface area contributed by atoms with Gasteiger partial charge in [0.15, 0.2) is 0 Å². The van der Waals surface area contributed by atoms with Crippen LogP contribution in [0, 0.1) is 0 Å². The van der Waals surface area contributed by atoms with Crippen LogP contribution in [0.15, 0.2) is 24.3 Å². The Morgan fingerprint density at radius 2 is 1.72 bits per heavy atom. The molecule has 1 saturated heterocycles. The Morgan fingerprint density at radius 3 is 2.28 bits per heavy atom. The standard InChI is InChI=1S/C17H28N4O3S/c1-19(2)9-8-18-17(22)16-6-4-15(5-7-16)14-25(23,24)21-12-10-20(3)11-13-21/h4-7H,8-14H2,1-3H3,(H,18,22). The number of benzene rings is 1. The van der Waals surface area contributed by atoms with Gasteiger partial charge in [-0.2, -0.15) is 4.31 Å². The fourth-order valence-corrected chi connectivity index (χ4v) is 4.13. The molecule has 1 aliphatic heterocycles. The van der Waals surface area contributed by atoms with E-state index >= 15 is 0 Å². The Labute approximate surface area is 150 Å². The van der Waals surface area contributed by atoms with Gasteiger partial charge in [0.25, 0.3) is 5.91 Å². The van der Waals surface area contributed by atoms with Crippen molar-refractivity contribution in [2.45, 2.75) is 5.75 Å². The number of amides is 1. The van der Waals surface area contributed by atoms with E-state index in [0.717, 1.165) is 19.6 Å². The zero-order valence-electron chi connectivity index (χ0n) is 15.2. The van der Waals surface area contributed by atoms with Crippen molar-refractivity contribution in [2.24, 2.45) is 0 Å². The Balaban J connectivity index is 1.92. The summed E-state index contributed by atoms with van der Waals surface area (Å²) in [6, 6.07) is 6.79. The maximum Gasteiger partial charge on any atom is 0.251 e. The molecule has 0 saturated carbocycles. The van der Waals surface area contributed by atoms with E-state index < -0.39 is 10.0 Å². The summed E-state index contributed by atoms with van der Waals surface area (Å²) < 4.78 is 26.6. The Hall–Kier alpha value is -1.48. The zero-order valence-corrected chi connectivity index (χ0v) is 16.1. The molecule has 1 N–H and O–H groups in total. The number of carbonyl (C=O) groups excluding carboxylic acids is 1. The summed E-state index contributed by atoms with van der Waals surface area (Å²) in [5.74, 6) is -0.172. The second-order valence-corrected chi connectivity index (χ2v) is 8.68. The lowest BCUT2D eigenvalue weighted by Crippen LogP contribution is -2.47. The number of hydrogen-bond acceptors (Lipinski definition) is 5. The number of sulfonamides is 1. The fourth-order valence-electron chi connectivity index (χ4n) is 2.62. The molecule has 7 nitrogen and oxygen atoms in total. The molecule has 140 valence electrons. The molecule has 0 atom stereocenters. The minimum absolute atomic E-state index is 0.0285. The summed E-state index contributed by atoms with van der Waals surface area (Å²) in [5, 5.41) is 2.84. The lowest BCUT2D eigenvalue weighted by atomic mass is 10.1. The molecular weight excluding hydrogens is 340 g/mol. The molecule has 1 heterocycles. The first-order valence-corrected chi connectivity index (χ1v) is 10.1. The minimum atomic E-state index is -3.32. The van der Waals surface area contributed by atoms with E-state index in [4.69, 9.17) is 0 Å². The molecule has 1 aromatic carbocycles. The number of piperazine rings is 1. The molecule has 1 aromatic rings. The van der Waals surface area contributed by atoms with Crippen LogP contribution in [-0.2, 0) is 15.8 Å². The summed E-state index contributed by atoms with van der Waals surface area (Å²) in [7, 11) is 2.57. The van der Waals surface area contributed by atoms with Gasteiger partial charge >= 0.3 is 0 Å². The highest BCUT2D eigenvalue weighted by atomic mass is 32.2. The monoisotopic (exact) mass is 368 g/mol. The van der Waals surface area contributed by atoms with Crippen LogP contribution in [0.5, 0.6) is 0 Å². The second-order valence-electron chi connectivity index (χ2n) is 6.71. The van der Waals surface area contributed by atoms with E-state index in [2.05, 4.69) is 10.2 Å². The van der Waals surface area contributed by atoms with Gasteiger partial charge in [0.2, 0.25) is 10.0 Å². The van der Waals surface area contributed by atoms with Gasteiger partial charge in [-0.3, -0.25) is 4.79 Å². The van der Waals surface area contributed by atoms with Gasteiger partial charge in [0.05, 0.1) is 5.75 Å². The van der Waals surface area contributed by atoms with Crippen molar-refractivity contribution in [1.82, 2.24) is 19.4 Å². The molecule has 1 aliphatic rings. The second kappa shape index (κ2) is 8.75. The number of hydrogen-bond donors (Lipinski definition) is 1. The molecule has 1 fully saturated rings. The smallest absolute Gasteiger partial charge is 0.251 e. The van der Waals surface area contributed by atoms with Crippen LogP contribution in [0.4, 0.5) is 0 Å². The molecule has 25 heavy (non-hydrogen) atoms. The molecule has 8 heteroatoms. The summed E-state index contributed by atoms with van der Waals surface area (Å²) >= 11 is 0. The molecule has 0 radical (unpaired) electrons. The van der Waals surface area contributed by atoms with E-state index in [1.807, 2.05) is 26.0 Å². The Bertz CT molecular complexity index is 666. The molecule has 2 rings (SSSR count). The van der Waals surface area contributed by atoms with Gasteiger partial charge in [-0.25, -0.2) is 8.42 Å². The van der Waals surface area contributed by atoms with Gasteiger partial charge in [-0.05, 0) is 38.8 Å². The highest BCUT2D eigenvalue weighted by Gasteiger charge is 2.25. The summed E-state index contributed by atoms with van der Waals surface area (Å²) in [5.41, 5.74) is 1.24. The van der Waals surface area contributed by atoms with Crippen LogP contribution in [0.2, 0.25) is 0 Å². The summed E-state index contributed by atoms with van der Waals surface area (Å²) in [6.45, 7) is 3.92. The summed E-state index contributed by atoms with van der Waals surface area (Å²) in [4.78, 5) is 16.2. The number of nitrogens with zero attached hydrogens (tertiary/aromatic N) is 3. The highest BCUT2D eigenvalue weighted by Crippen LogP contribution is 2.14. The van der Waals surface area contributed by atoms with Gasteiger partial charge in [0, 0.05) is 44.8 Å². The highest BCUT2D eigenvalue weighted by molar-refractivity contribution is 7.88. The number of nitrogens with one attached hydrogen (secondary N) is 1. The average Bonchev–Trinajstić information content (AvgIpc) is 2.55. The SMILES string of the molecule is CN(C)CCNC(=O)c1ccc(CS(=O)(=O)N2CCN(C)CC2)cc1. The van der Waals surface area contributed by atoms with Crippen LogP contribution >= 0.6 is 0 Å². The molecule has 0 unspecified atom stereocenters. The largest absolute Gasteiger partial charge is 0.351 e. The Morgan fingerprint density at radius 1 is 1.12 bits per heavy atom. The average molecular weight is 369 g/mol. The van der Waals surface area contributed by atoms with Crippen molar-refractivity contribution in [3.05, 3.63) is 35.4 Å². The molecule has 0 spiro atoms. The van der Waals surface area contributed by atoms with E-state index in [1.165, 1.54) is 0 Å². The van der Waals surface area contributed by atoms with Crippen molar-refractivity contribution in [2.75, 3.05) is 60.4 Å². The number of carbonyl (C=O) groups is 1. The third-order valence-electron chi connectivity index (χ3n) is 4.27. The molecule has 0 bridgehead atoms. The van der Waals surface area contributed by atoms with Gasteiger partial charge in [-0.15, -0.1) is 0 Å². The van der Waals surface area contributed by atoms with E-state index in [9.17, 15) is 13.2 Å². The molecule has 1 amide bonds.